The molecular weight excluding hydrogens is 196 g/mol. The fraction of sp³-hybridized carbons (Fsp3) is 1.00. The molecule has 1 heterocycles. The highest BCUT2D eigenvalue weighted by atomic mass is 15.2. The van der Waals surface area contributed by atoms with E-state index in [0.717, 1.165) is 5.92 Å². The number of hydrogen-bond donors (Lipinski definition) is 1. The van der Waals surface area contributed by atoms with Crippen LogP contribution in [0.3, 0.4) is 0 Å². The predicted octanol–water partition coefficient (Wildman–Crippen LogP) is 2.74. The van der Waals surface area contributed by atoms with Gasteiger partial charge in [0.15, 0.2) is 0 Å². The lowest BCUT2D eigenvalue weighted by molar-refractivity contribution is 0.183. The average Bonchev–Trinajstić information content (AvgIpc) is 2.26. The van der Waals surface area contributed by atoms with Crippen LogP contribution < -0.4 is 5.32 Å². The second-order valence-electron chi connectivity index (χ2n) is 6.93. The van der Waals surface area contributed by atoms with Crippen LogP contribution in [0.1, 0.15) is 47.5 Å². The third kappa shape index (κ3) is 5.86. The second-order valence-corrected chi connectivity index (χ2v) is 6.93. The van der Waals surface area contributed by atoms with E-state index in [1.54, 1.807) is 0 Å². The Labute approximate surface area is 102 Å². The quantitative estimate of drug-likeness (QED) is 0.796. The highest BCUT2D eigenvalue weighted by molar-refractivity contribution is 4.80. The Morgan fingerprint density at radius 1 is 1.31 bits per heavy atom. The lowest BCUT2D eigenvalue weighted by atomic mass is 9.95. The highest BCUT2D eigenvalue weighted by Gasteiger charge is 2.22. The van der Waals surface area contributed by atoms with Crippen LogP contribution in [0.4, 0.5) is 0 Å². The number of nitrogens with one attached hydrogen (secondary N) is 1. The number of nitrogens with zero attached hydrogens (tertiary/aromatic N) is 1. The van der Waals surface area contributed by atoms with Crippen molar-refractivity contribution in [2.45, 2.75) is 53.5 Å². The Morgan fingerprint density at radius 3 is 2.56 bits per heavy atom. The minimum absolute atomic E-state index is 0.423. The Kier molecular flexibility index (Phi) is 5.26. The Bertz CT molecular complexity index is 193. The molecule has 96 valence electrons. The van der Waals surface area contributed by atoms with Crippen molar-refractivity contribution in [1.82, 2.24) is 10.2 Å². The SMILES string of the molecule is CC(C)CC1CN(CC(C)(C)C)CCCN1. The lowest BCUT2D eigenvalue weighted by Gasteiger charge is -2.31. The van der Waals surface area contributed by atoms with E-state index in [9.17, 15) is 0 Å². The molecule has 1 aliphatic rings. The fourth-order valence-electron chi connectivity index (χ4n) is 2.62. The van der Waals surface area contributed by atoms with E-state index in [-0.39, 0.29) is 0 Å². The van der Waals surface area contributed by atoms with E-state index in [2.05, 4.69) is 44.8 Å². The van der Waals surface area contributed by atoms with Crippen molar-refractivity contribution in [3.63, 3.8) is 0 Å². The van der Waals surface area contributed by atoms with Gasteiger partial charge in [-0.15, -0.1) is 0 Å². The topological polar surface area (TPSA) is 15.3 Å². The van der Waals surface area contributed by atoms with Crippen molar-refractivity contribution in [3.8, 4) is 0 Å². The maximum absolute atomic E-state index is 3.69. The molecular formula is C14H30N2. The van der Waals surface area contributed by atoms with Crippen LogP contribution in [0.25, 0.3) is 0 Å². The van der Waals surface area contributed by atoms with E-state index in [0.29, 0.717) is 11.5 Å². The zero-order valence-electron chi connectivity index (χ0n) is 11.8. The molecule has 1 aliphatic heterocycles. The smallest absolute Gasteiger partial charge is 0.0197 e. The number of rotatable bonds is 3. The zero-order valence-corrected chi connectivity index (χ0v) is 11.8. The first kappa shape index (κ1) is 14.0. The molecule has 0 amide bonds. The number of hydrogen-bond acceptors (Lipinski definition) is 2. The minimum atomic E-state index is 0.423. The normalized spacial score (nSPS) is 24.8. The molecule has 16 heavy (non-hydrogen) atoms. The van der Waals surface area contributed by atoms with Gasteiger partial charge in [-0.2, -0.15) is 0 Å². The van der Waals surface area contributed by atoms with Crippen LogP contribution in [0.2, 0.25) is 0 Å². The van der Waals surface area contributed by atoms with Gasteiger partial charge in [0.05, 0.1) is 0 Å². The molecule has 1 saturated heterocycles. The summed E-state index contributed by atoms with van der Waals surface area (Å²) in [5.74, 6) is 0.798. The zero-order chi connectivity index (χ0) is 12.2. The maximum Gasteiger partial charge on any atom is 0.0197 e. The van der Waals surface area contributed by atoms with E-state index in [1.807, 2.05) is 0 Å². The molecule has 1 fully saturated rings. The van der Waals surface area contributed by atoms with Crippen LogP contribution in [0, 0.1) is 11.3 Å². The summed E-state index contributed by atoms with van der Waals surface area (Å²) in [6, 6.07) is 0.699. The van der Waals surface area contributed by atoms with Crippen molar-refractivity contribution in [3.05, 3.63) is 0 Å². The fourth-order valence-corrected chi connectivity index (χ4v) is 2.62. The summed E-state index contributed by atoms with van der Waals surface area (Å²) in [6.45, 7) is 16.6. The van der Waals surface area contributed by atoms with Crippen molar-refractivity contribution in [1.29, 1.82) is 0 Å². The van der Waals surface area contributed by atoms with Gasteiger partial charge in [-0.25, -0.2) is 0 Å². The Balaban J connectivity index is 2.45. The van der Waals surface area contributed by atoms with Gasteiger partial charge in [-0.3, -0.25) is 0 Å². The first-order valence-electron chi connectivity index (χ1n) is 6.82. The Hall–Kier alpha value is -0.0800. The molecule has 1 atom stereocenters. The Morgan fingerprint density at radius 2 is 2.00 bits per heavy atom. The van der Waals surface area contributed by atoms with Crippen molar-refractivity contribution in [2.75, 3.05) is 26.2 Å². The summed E-state index contributed by atoms with van der Waals surface area (Å²) in [6.07, 6.45) is 2.60. The van der Waals surface area contributed by atoms with Crippen molar-refractivity contribution < 1.29 is 0 Å². The molecule has 0 saturated carbocycles. The molecule has 0 spiro atoms. The monoisotopic (exact) mass is 226 g/mol. The van der Waals surface area contributed by atoms with Crippen molar-refractivity contribution >= 4 is 0 Å². The van der Waals surface area contributed by atoms with Crippen LogP contribution in [0.5, 0.6) is 0 Å². The second kappa shape index (κ2) is 6.02. The van der Waals surface area contributed by atoms with Crippen LogP contribution >= 0.6 is 0 Å². The summed E-state index contributed by atoms with van der Waals surface area (Å²) >= 11 is 0. The molecule has 0 radical (unpaired) electrons. The summed E-state index contributed by atoms with van der Waals surface area (Å²) < 4.78 is 0. The molecule has 0 aliphatic carbocycles. The molecule has 2 heteroatoms. The maximum atomic E-state index is 3.69. The largest absolute Gasteiger partial charge is 0.313 e. The van der Waals surface area contributed by atoms with E-state index in [4.69, 9.17) is 0 Å². The summed E-state index contributed by atoms with van der Waals surface area (Å²) in [7, 11) is 0. The summed E-state index contributed by atoms with van der Waals surface area (Å²) in [5.41, 5.74) is 0.423. The standard InChI is InChI=1S/C14H30N2/c1-12(2)9-13-10-16(8-6-7-15-13)11-14(3,4)5/h12-13,15H,6-11H2,1-5H3. The molecule has 0 aromatic carbocycles. The minimum Gasteiger partial charge on any atom is -0.313 e. The molecule has 2 nitrogen and oxygen atoms in total. The summed E-state index contributed by atoms with van der Waals surface area (Å²) in [5, 5.41) is 3.69. The van der Waals surface area contributed by atoms with Gasteiger partial charge in [0, 0.05) is 19.1 Å². The molecule has 1 rings (SSSR count). The van der Waals surface area contributed by atoms with Gasteiger partial charge in [0.25, 0.3) is 0 Å². The van der Waals surface area contributed by atoms with Crippen LogP contribution in [-0.2, 0) is 0 Å². The first-order chi connectivity index (χ1) is 7.37. The van der Waals surface area contributed by atoms with Gasteiger partial charge in [-0.1, -0.05) is 34.6 Å². The van der Waals surface area contributed by atoms with E-state index >= 15 is 0 Å². The van der Waals surface area contributed by atoms with Crippen LogP contribution in [0.15, 0.2) is 0 Å². The average molecular weight is 226 g/mol. The summed E-state index contributed by atoms with van der Waals surface area (Å²) in [4.78, 5) is 2.65. The van der Waals surface area contributed by atoms with Gasteiger partial charge in [0.1, 0.15) is 0 Å². The lowest BCUT2D eigenvalue weighted by Crippen LogP contribution is -2.41. The van der Waals surface area contributed by atoms with Crippen LogP contribution in [-0.4, -0.2) is 37.1 Å². The first-order valence-corrected chi connectivity index (χ1v) is 6.82. The molecule has 1 N–H and O–H groups in total. The molecule has 0 aromatic rings. The van der Waals surface area contributed by atoms with Gasteiger partial charge >= 0.3 is 0 Å². The van der Waals surface area contributed by atoms with Crippen molar-refractivity contribution in [2.24, 2.45) is 11.3 Å². The highest BCUT2D eigenvalue weighted by Crippen LogP contribution is 2.17. The van der Waals surface area contributed by atoms with Gasteiger partial charge in [-0.05, 0) is 37.3 Å². The van der Waals surface area contributed by atoms with Gasteiger partial charge in [0.2, 0.25) is 0 Å². The molecule has 0 bridgehead atoms. The third-order valence-electron chi connectivity index (χ3n) is 3.02. The van der Waals surface area contributed by atoms with Gasteiger partial charge < -0.3 is 10.2 Å². The predicted molar refractivity (Wildman–Crippen MR) is 71.8 cm³/mol. The molecule has 0 aromatic heterocycles. The van der Waals surface area contributed by atoms with E-state index < -0.39 is 0 Å². The molecule has 1 unspecified atom stereocenters. The third-order valence-corrected chi connectivity index (χ3v) is 3.02. The van der Waals surface area contributed by atoms with E-state index in [1.165, 1.54) is 39.0 Å².